The molecule has 2 rings (SSSR count). The van der Waals surface area contributed by atoms with Gasteiger partial charge in [0.05, 0.1) is 0 Å². The maximum absolute atomic E-state index is 12.9. The lowest BCUT2D eigenvalue weighted by molar-refractivity contribution is -0.142. The number of carbonyl (C=O) groups is 2. The van der Waals surface area contributed by atoms with Crippen LogP contribution in [0, 0.1) is 6.92 Å². The molecule has 0 bridgehead atoms. The summed E-state index contributed by atoms with van der Waals surface area (Å²) in [6, 6.07) is 16.6. The molecule has 5 nitrogen and oxygen atoms in total. The van der Waals surface area contributed by atoms with Crippen LogP contribution in [0.4, 0.5) is 0 Å². The summed E-state index contributed by atoms with van der Waals surface area (Å²) in [6.07, 6.45) is 0.849. The van der Waals surface area contributed by atoms with E-state index in [1.165, 1.54) is 0 Å². The van der Waals surface area contributed by atoms with Gasteiger partial charge in [-0.3, -0.25) is 9.59 Å². The van der Waals surface area contributed by atoms with Gasteiger partial charge in [-0.2, -0.15) is 0 Å². The molecular weight excluding hydrogens is 340 g/mol. The Balaban J connectivity index is 2.11. The normalized spacial score (nSPS) is 11.5. The number of hydrogen-bond acceptors (Lipinski definition) is 3. The van der Waals surface area contributed by atoms with Crippen LogP contribution in [0.1, 0.15) is 31.4 Å². The molecule has 0 aliphatic heterocycles. The van der Waals surface area contributed by atoms with E-state index in [4.69, 9.17) is 4.74 Å². The maximum atomic E-state index is 12.9. The van der Waals surface area contributed by atoms with Crippen LogP contribution in [0.2, 0.25) is 0 Å². The smallest absolute Gasteiger partial charge is 0.261 e. The molecular formula is C22H28N2O3. The number of aryl methyl sites for hydroxylation is 1. The Morgan fingerprint density at radius 3 is 2.41 bits per heavy atom. The highest BCUT2D eigenvalue weighted by Crippen LogP contribution is 2.17. The number of rotatable bonds is 9. The van der Waals surface area contributed by atoms with Crippen molar-refractivity contribution in [3.63, 3.8) is 0 Å². The van der Waals surface area contributed by atoms with E-state index < -0.39 is 6.04 Å². The zero-order chi connectivity index (χ0) is 19.6. The molecule has 144 valence electrons. The van der Waals surface area contributed by atoms with Gasteiger partial charge in [-0.25, -0.2) is 0 Å². The Morgan fingerprint density at radius 2 is 1.74 bits per heavy atom. The summed E-state index contributed by atoms with van der Waals surface area (Å²) in [7, 11) is 0. The SMILES string of the molecule is CCCNC(=O)[C@@H](C)N(Cc1ccccc1)C(=O)COc1ccccc1C. The molecule has 0 aromatic heterocycles. The van der Waals surface area contributed by atoms with Gasteiger partial charge in [0.1, 0.15) is 11.8 Å². The lowest BCUT2D eigenvalue weighted by Gasteiger charge is -2.28. The van der Waals surface area contributed by atoms with E-state index in [0.717, 1.165) is 17.5 Å². The third-order valence-corrected chi connectivity index (χ3v) is 4.36. The third-order valence-electron chi connectivity index (χ3n) is 4.36. The molecule has 27 heavy (non-hydrogen) atoms. The van der Waals surface area contributed by atoms with Crippen LogP contribution < -0.4 is 10.1 Å². The number of nitrogens with one attached hydrogen (secondary N) is 1. The summed E-state index contributed by atoms with van der Waals surface area (Å²) < 4.78 is 5.71. The van der Waals surface area contributed by atoms with Crippen LogP contribution in [-0.2, 0) is 16.1 Å². The van der Waals surface area contributed by atoms with Gasteiger partial charge in [0, 0.05) is 13.1 Å². The molecule has 0 aliphatic rings. The average Bonchev–Trinajstić information content (AvgIpc) is 2.69. The van der Waals surface area contributed by atoms with Crippen molar-refractivity contribution in [3.05, 3.63) is 65.7 Å². The first-order valence-electron chi connectivity index (χ1n) is 9.32. The molecule has 0 saturated heterocycles. The molecule has 0 fully saturated rings. The Hall–Kier alpha value is -2.82. The predicted molar refractivity (Wildman–Crippen MR) is 106 cm³/mol. The van der Waals surface area contributed by atoms with E-state index in [9.17, 15) is 9.59 Å². The van der Waals surface area contributed by atoms with Crippen molar-refractivity contribution < 1.29 is 14.3 Å². The minimum Gasteiger partial charge on any atom is -0.484 e. The van der Waals surface area contributed by atoms with Gasteiger partial charge in [-0.15, -0.1) is 0 Å². The van der Waals surface area contributed by atoms with Crippen molar-refractivity contribution in [1.29, 1.82) is 0 Å². The lowest BCUT2D eigenvalue weighted by atomic mass is 10.1. The number of nitrogens with zero attached hydrogens (tertiary/aromatic N) is 1. The van der Waals surface area contributed by atoms with Crippen molar-refractivity contribution in [3.8, 4) is 5.75 Å². The number of para-hydroxylation sites is 1. The fourth-order valence-electron chi connectivity index (χ4n) is 2.70. The molecule has 2 amide bonds. The van der Waals surface area contributed by atoms with E-state index >= 15 is 0 Å². The van der Waals surface area contributed by atoms with Crippen LogP contribution in [0.5, 0.6) is 5.75 Å². The van der Waals surface area contributed by atoms with Crippen molar-refractivity contribution >= 4 is 11.8 Å². The van der Waals surface area contributed by atoms with Crippen LogP contribution in [-0.4, -0.2) is 35.9 Å². The molecule has 0 saturated carbocycles. The second kappa shape index (κ2) is 10.4. The molecule has 0 aliphatic carbocycles. The maximum Gasteiger partial charge on any atom is 0.261 e. The van der Waals surface area contributed by atoms with Crippen LogP contribution in [0.25, 0.3) is 0 Å². The fourth-order valence-corrected chi connectivity index (χ4v) is 2.70. The second-order valence-electron chi connectivity index (χ2n) is 6.53. The summed E-state index contributed by atoms with van der Waals surface area (Å²) in [4.78, 5) is 26.9. The zero-order valence-corrected chi connectivity index (χ0v) is 16.3. The quantitative estimate of drug-likeness (QED) is 0.739. The number of ether oxygens (including phenoxy) is 1. The summed E-state index contributed by atoms with van der Waals surface area (Å²) in [6.45, 7) is 6.52. The summed E-state index contributed by atoms with van der Waals surface area (Å²) in [5, 5.41) is 2.86. The van der Waals surface area contributed by atoms with E-state index in [0.29, 0.717) is 18.8 Å². The van der Waals surface area contributed by atoms with Gasteiger partial charge in [-0.1, -0.05) is 55.5 Å². The third kappa shape index (κ3) is 6.13. The van der Waals surface area contributed by atoms with Gasteiger partial charge in [0.15, 0.2) is 6.61 Å². The second-order valence-corrected chi connectivity index (χ2v) is 6.53. The molecule has 0 unspecified atom stereocenters. The zero-order valence-electron chi connectivity index (χ0n) is 16.3. The lowest BCUT2D eigenvalue weighted by Crippen LogP contribution is -2.49. The molecule has 2 aromatic rings. The van der Waals surface area contributed by atoms with Gasteiger partial charge in [-0.05, 0) is 37.5 Å². The standard InChI is InChI=1S/C22H28N2O3/c1-4-14-23-22(26)18(3)24(15-19-11-6-5-7-12-19)21(25)16-27-20-13-9-8-10-17(20)2/h5-13,18H,4,14-16H2,1-3H3,(H,23,26)/t18-/m1/s1. The summed E-state index contributed by atoms with van der Waals surface area (Å²) >= 11 is 0. The van der Waals surface area contributed by atoms with Crippen molar-refractivity contribution in [2.75, 3.05) is 13.2 Å². The van der Waals surface area contributed by atoms with Crippen LogP contribution in [0.15, 0.2) is 54.6 Å². The Morgan fingerprint density at radius 1 is 1.07 bits per heavy atom. The van der Waals surface area contributed by atoms with E-state index in [2.05, 4.69) is 5.32 Å². The number of hydrogen-bond donors (Lipinski definition) is 1. The largest absolute Gasteiger partial charge is 0.484 e. The minimum atomic E-state index is -0.579. The van der Waals surface area contributed by atoms with E-state index in [1.54, 1.807) is 11.8 Å². The monoisotopic (exact) mass is 368 g/mol. The van der Waals surface area contributed by atoms with Gasteiger partial charge < -0.3 is 15.0 Å². The first kappa shape index (κ1) is 20.5. The van der Waals surface area contributed by atoms with Gasteiger partial charge in [0.25, 0.3) is 5.91 Å². The minimum absolute atomic E-state index is 0.108. The highest BCUT2D eigenvalue weighted by atomic mass is 16.5. The highest BCUT2D eigenvalue weighted by Gasteiger charge is 2.26. The molecule has 1 N–H and O–H groups in total. The Bertz CT molecular complexity index is 746. The topological polar surface area (TPSA) is 58.6 Å². The predicted octanol–water partition coefficient (Wildman–Crippen LogP) is 3.32. The van der Waals surface area contributed by atoms with Crippen LogP contribution >= 0.6 is 0 Å². The Labute approximate surface area is 161 Å². The number of carbonyl (C=O) groups excluding carboxylic acids is 2. The molecule has 5 heteroatoms. The molecule has 2 aromatic carbocycles. The highest BCUT2D eigenvalue weighted by molar-refractivity contribution is 5.87. The fraction of sp³-hybridized carbons (Fsp3) is 0.364. The van der Waals surface area contributed by atoms with E-state index in [1.807, 2.05) is 68.4 Å². The summed E-state index contributed by atoms with van der Waals surface area (Å²) in [5.74, 6) is 0.298. The average molecular weight is 368 g/mol. The van der Waals surface area contributed by atoms with Crippen molar-refractivity contribution in [2.24, 2.45) is 0 Å². The first-order valence-corrected chi connectivity index (χ1v) is 9.32. The molecule has 0 heterocycles. The van der Waals surface area contributed by atoms with Crippen molar-refractivity contribution in [1.82, 2.24) is 10.2 Å². The molecule has 1 atom stereocenters. The number of benzene rings is 2. The van der Waals surface area contributed by atoms with Gasteiger partial charge in [0.2, 0.25) is 5.91 Å². The number of amides is 2. The molecule has 0 spiro atoms. The molecule has 0 radical (unpaired) electrons. The first-order chi connectivity index (χ1) is 13.0. The Kier molecular flexibility index (Phi) is 7.86. The van der Waals surface area contributed by atoms with Crippen molar-refractivity contribution in [2.45, 2.75) is 39.8 Å². The van der Waals surface area contributed by atoms with Crippen LogP contribution in [0.3, 0.4) is 0 Å². The van der Waals surface area contributed by atoms with Gasteiger partial charge >= 0.3 is 0 Å². The van der Waals surface area contributed by atoms with E-state index in [-0.39, 0.29) is 18.4 Å². The summed E-state index contributed by atoms with van der Waals surface area (Å²) in [5.41, 5.74) is 1.94.